The van der Waals surface area contributed by atoms with Gasteiger partial charge in [0.05, 0.1) is 5.69 Å². The minimum Gasteiger partial charge on any atom is -0.368 e. The molecular formula is C14H12F3N3. The molecule has 0 saturated heterocycles. The average Bonchev–Trinajstić information content (AvgIpc) is 2.84. The molecule has 6 heteroatoms. The van der Waals surface area contributed by atoms with Gasteiger partial charge in [0.1, 0.15) is 0 Å². The number of halogens is 3. The summed E-state index contributed by atoms with van der Waals surface area (Å²) in [5.74, 6) is -0.365. The van der Waals surface area contributed by atoms with Crippen molar-refractivity contribution in [2.24, 2.45) is 0 Å². The van der Waals surface area contributed by atoms with Crippen molar-refractivity contribution in [3.05, 3.63) is 41.1 Å². The van der Waals surface area contributed by atoms with Crippen molar-refractivity contribution in [2.75, 3.05) is 5.73 Å². The first kappa shape index (κ1) is 12.9. The molecule has 1 aromatic carbocycles. The summed E-state index contributed by atoms with van der Waals surface area (Å²) >= 11 is 0. The highest BCUT2D eigenvalue weighted by Gasteiger charge is 2.33. The van der Waals surface area contributed by atoms with Crippen LogP contribution in [0.4, 0.5) is 19.1 Å². The quantitative estimate of drug-likeness (QED) is 0.872. The van der Waals surface area contributed by atoms with Gasteiger partial charge in [-0.2, -0.15) is 13.2 Å². The average molecular weight is 279 g/mol. The summed E-state index contributed by atoms with van der Waals surface area (Å²) in [5, 5.41) is 0. The van der Waals surface area contributed by atoms with Gasteiger partial charge in [0, 0.05) is 5.56 Å². The third-order valence-electron chi connectivity index (χ3n) is 3.43. The Morgan fingerprint density at radius 2 is 1.75 bits per heavy atom. The lowest BCUT2D eigenvalue weighted by Crippen LogP contribution is -2.11. The maximum absolute atomic E-state index is 12.7. The third-order valence-corrected chi connectivity index (χ3v) is 3.43. The highest BCUT2D eigenvalue weighted by atomic mass is 19.4. The predicted molar refractivity (Wildman–Crippen MR) is 68.9 cm³/mol. The van der Waals surface area contributed by atoms with Crippen molar-refractivity contribution in [3.63, 3.8) is 0 Å². The number of alkyl halides is 3. The third kappa shape index (κ3) is 2.33. The summed E-state index contributed by atoms with van der Waals surface area (Å²) in [7, 11) is 0. The number of hydrogen-bond donors (Lipinski definition) is 1. The Bertz CT molecular complexity index is 665. The standard InChI is InChI=1S/C14H12F3N3/c15-14(16,17)12-7-11(19-13(18)20-12)10-5-4-8-2-1-3-9(8)6-10/h4-7H,1-3H2,(H2,18,19,20). The van der Waals surface area contributed by atoms with Crippen LogP contribution in [0.15, 0.2) is 24.3 Å². The van der Waals surface area contributed by atoms with E-state index >= 15 is 0 Å². The zero-order valence-electron chi connectivity index (χ0n) is 10.5. The van der Waals surface area contributed by atoms with Crippen molar-refractivity contribution in [3.8, 4) is 11.3 Å². The van der Waals surface area contributed by atoms with E-state index in [0.29, 0.717) is 5.56 Å². The summed E-state index contributed by atoms with van der Waals surface area (Å²) in [5.41, 5.74) is 7.65. The van der Waals surface area contributed by atoms with Crippen LogP contribution in [0.3, 0.4) is 0 Å². The van der Waals surface area contributed by atoms with E-state index in [2.05, 4.69) is 9.97 Å². The Morgan fingerprint density at radius 3 is 2.50 bits per heavy atom. The number of aromatic nitrogens is 2. The molecule has 0 unspecified atom stereocenters. The molecule has 2 N–H and O–H groups in total. The highest BCUT2D eigenvalue weighted by Crippen LogP contribution is 2.32. The number of nitrogens with two attached hydrogens (primary N) is 1. The fraction of sp³-hybridized carbons (Fsp3) is 0.286. The van der Waals surface area contributed by atoms with Crippen LogP contribution in [-0.2, 0) is 19.0 Å². The maximum Gasteiger partial charge on any atom is 0.433 e. The molecule has 104 valence electrons. The molecule has 0 aliphatic heterocycles. The molecule has 0 amide bonds. The zero-order chi connectivity index (χ0) is 14.3. The lowest BCUT2D eigenvalue weighted by molar-refractivity contribution is -0.141. The number of rotatable bonds is 1. The zero-order valence-corrected chi connectivity index (χ0v) is 10.5. The molecular weight excluding hydrogens is 267 g/mol. The number of nitrogens with zero attached hydrogens (tertiary/aromatic N) is 2. The van der Waals surface area contributed by atoms with E-state index in [0.717, 1.165) is 25.3 Å². The van der Waals surface area contributed by atoms with Gasteiger partial charge >= 0.3 is 6.18 Å². The second kappa shape index (κ2) is 4.47. The van der Waals surface area contributed by atoms with Gasteiger partial charge in [0.15, 0.2) is 5.69 Å². The molecule has 20 heavy (non-hydrogen) atoms. The van der Waals surface area contributed by atoms with Crippen LogP contribution in [0.1, 0.15) is 23.2 Å². The van der Waals surface area contributed by atoms with E-state index in [4.69, 9.17) is 5.73 Å². The first-order valence-corrected chi connectivity index (χ1v) is 6.27. The van der Waals surface area contributed by atoms with Gasteiger partial charge in [0.2, 0.25) is 5.95 Å². The first-order chi connectivity index (χ1) is 9.43. The van der Waals surface area contributed by atoms with Gasteiger partial charge in [-0.05, 0) is 42.5 Å². The van der Waals surface area contributed by atoms with Crippen LogP contribution in [0.5, 0.6) is 0 Å². The summed E-state index contributed by atoms with van der Waals surface area (Å²) in [4.78, 5) is 7.15. The molecule has 3 nitrogen and oxygen atoms in total. The van der Waals surface area contributed by atoms with Gasteiger partial charge in [-0.3, -0.25) is 0 Å². The molecule has 0 spiro atoms. The summed E-state index contributed by atoms with van der Waals surface area (Å²) in [6.45, 7) is 0. The topological polar surface area (TPSA) is 51.8 Å². The largest absolute Gasteiger partial charge is 0.433 e. The van der Waals surface area contributed by atoms with Crippen molar-refractivity contribution < 1.29 is 13.2 Å². The number of aryl methyl sites for hydroxylation is 2. The molecule has 3 rings (SSSR count). The van der Waals surface area contributed by atoms with E-state index in [-0.39, 0.29) is 11.6 Å². The molecule has 0 radical (unpaired) electrons. The van der Waals surface area contributed by atoms with Crippen molar-refractivity contribution >= 4 is 5.95 Å². The molecule has 0 atom stereocenters. The second-order valence-electron chi connectivity index (χ2n) is 4.83. The van der Waals surface area contributed by atoms with E-state index in [1.165, 1.54) is 11.1 Å². The Hall–Kier alpha value is -2.11. The predicted octanol–water partition coefficient (Wildman–Crippen LogP) is 3.23. The number of anilines is 1. The van der Waals surface area contributed by atoms with Crippen molar-refractivity contribution in [2.45, 2.75) is 25.4 Å². The summed E-state index contributed by atoms with van der Waals surface area (Å²) < 4.78 is 38.2. The lowest BCUT2D eigenvalue weighted by atomic mass is 10.0. The normalized spacial score (nSPS) is 14.3. The monoisotopic (exact) mass is 279 g/mol. The van der Waals surface area contributed by atoms with E-state index in [9.17, 15) is 13.2 Å². The lowest BCUT2D eigenvalue weighted by Gasteiger charge is -2.09. The van der Waals surface area contributed by atoms with Gasteiger partial charge in [-0.25, -0.2) is 9.97 Å². The summed E-state index contributed by atoms with van der Waals surface area (Å²) in [6, 6.07) is 6.56. The first-order valence-electron chi connectivity index (χ1n) is 6.27. The van der Waals surface area contributed by atoms with Crippen LogP contribution in [0.25, 0.3) is 11.3 Å². The van der Waals surface area contributed by atoms with Gasteiger partial charge in [-0.15, -0.1) is 0 Å². The Kier molecular flexibility index (Phi) is 2.88. The Morgan fingerprint density at radius 1 is 1.00 bits per heavy atom. The maximum atomic E-state index is 12.7. The summed E-state index contributed by atoms with van der Waals surface area (Å²) in [6.07, 6.45) is -1.47. The molecule has 0 saturated carbocycles. The number of hydrogen-bond acceptors (Lipinski definition) is 3. The van der Waals surface area contributed by atoms with Gasteiger partial charge in [0.25, 0.3) is 0 Å². The van der Waals surface area contributed by atoms with Gasteiger partial charge < -0.3 is 5.73 Å². The van der Waals surface area contributed by atoms with Crippen LogP contribution >= 0.6 is 0 Å². The van der Waals surface area contributed by atoms with Crippen LogP contribution in [0, 0.1) is 0 Å². The molecule has 1 aliphatic rings. The van der Waals surface area contributed by atoms with Gasteiger partial charge in [-0.1, -0.05) is 12.1 Å². The van der Waals surface area contributed by atoms with Crippen molar-refractivity contribution in [1.29, 1.82) is 0 Å². The van der Waals surface area contributed by atoms with Crippen molar-refractivity contribution in [1.82, 2.24) is 9.97 Å². The SMILES string of the molecule is Nc1nc(-c2ccc3c(c2)CCC3)cc(C(F)(F)F)n1. The molecule has 1 aromatic heterocycles. The molecule has 1 aliphatic carbocycles. The molecule has 1 heterocycles. The van der Waals surface area contributed by atoms with E-state index in [1.54, 1.807) is 6.07 Å². The molecule has 0 fully saturated rings. The second-order valence-corrected chi connectivity index (χ2v) is 4.83. The van der Waals surface area contributed by atoms with Crippen LogP contribution < -0.4 is 5.73 Å². The Labute approximate surface area is 113 Å². The molecule has 0 bridgehead atoms. The number of benzene rings is 1. The number of fused-ring (bicyclic) bond motifs is 1. The smallest absolute Gasteiger partial charge is 0.368 e. The van der Waals surface area contributed by atoms with Crippen LogP contribution in [0.2, 0.25) is 0 Å². The van der Waals surface area contributed by atoms with Crippen LogP contribution in [-0.4, -0.2) is 9.97 Å². The Balaban J connectivity index is 2.08. The highest BCUT2D eigenvalue weighted by molar-refractivity contribution is 5.63. The minimum atomic E-state index is -4.53. The van der Waals surface area contributed by atoms with E-state index < -0.39 is 11.9 Å². The fourth-order valence-corrected chi connectivity index (χ4v) is 2.49. The fourth-order valence-electron chi connectivity index (χ4n) is 2.49. The molecule has 2 aromatic rings. The minimum absolute atomic E-state index is 0.208. The number of nitrogen functional groups attached to an aromatic ring is 1. The van der Waals surface area contributed by atoms with E-state index in [1.807, 2.05) is 12.1 Å².